The van der Waals surface area contributed by atoms with Gasteiger partial charge in [-0.2, -0.15) is 0 Å². The van der Waals surface area contributed by atoms with Gasteiger partial charge in [0, 0.05) is 24.2 Å². The molecule has 1 aliphatic rings. The summed E-state index contributed by atoms with van der Waals surface area (Å²) >= 11 is 0. The molecule has 1 aromatic heterocycles. The Hall–Kier alpha value is -1.90. The van der Waals surface area contributed by atoms with Crippen LogP contribution in [0.4, 0.5) is 5.82 Å². The molecule has 19 heavy (non-hydrogen) atoms. The molecule has 1 N–H and O–H groups in total. The Kier molecular flexibility index (Phi) is 2.97. The number of rotatable bonds is 2. The van der Waals surface area contributed by atoms with E-state index >= 15 is 0 Å². The molecule has 0 aliphatic heterocycles. The number of nitrogens with zero attached hydrogens (tertiary/aromatic N) is 2. The Balaban J connectivity index is 1.95. The summed E-state index contributed by atoms with van der Waals surface area (Å²) in [4.78, 5) is 9.39. The van der Waals surface area contributed by atoms with Gasteiger partial charge in [-0.15, -0.1) is 0 Å². The molecule has 3 rings (SSSR count). The van der Waals surface area contributed by atoms with E-state index in [4.69, 9.17) is 9.97 Å². The Morgan fingerprint density at radius 3 is 2.26 bits per heavy atom. The van der Waals surface area contributed by atoms with Gasteiger partial charge in [0.1, 0.15) is 11.6 Å². The summed E-state index contributed by atoms with van der Waals surface area (Å²) in [6.07, 6.45) is 2.11. The molecule has 0 spiro atoms. The molecule has 0 bridgehead atoms. The van der Waals surface area contributed by atoms with Crippen LogP contribution in [0.1, 0.15) is 34.1 Å². The Morgan fingerprint density at radius 2 is 1.68 bits per heavy atom. The molecule has 0 saturated heterocycles. The zero-order valence-electron chi connectivity index (χ0n) is 11.7. The van der Waals surface area contributed by atoms with Gasteiger partial charge in [-0.1, -0.05) is 24.3 Å². The van der Waals surface area contributed by atoms with E-state index in [9.17, 15) is 0 Å². The average molecular weight is 253 g/mol. The van der Waals surface area contributed by atoms with Gasteiger partial charge in [-0.25, -0.2) is 9.97 Å². The first-order chi connectivity index (χ1) is 9.19. The van der Waals surface area contributed by atoms with Crippen LogP contribution in [0, 0.1) is 13.8 Å². The van der Waals surface area contributed by atoms with Crippen molar-refractivity contribution in [2.24, 2.45) is 0 Å². The van der Waals surface area contributed by atoms with E-state index in [-0.39, 0.29) is 0 Å². The van der Waals surface area contributed by atoms with Gasteiger partial charge in [0.25, 0.3) is 0 Å². The van der Waals surface area contributed by atoms with E-state index in [1.807, 2.05) is 7.05 Å². The van der Waals surface area contributed by atoms with Crippen LogP contribution in [0.3, 0.4) is 0 Å². The Bertz CT molecular complexity index is 594. The van der Waals surface area contributed by atoms with Gasteiger partial charge < -0.3 is 5.32 Å². The summed E-state index contributed by atoms with van der Waals surface area (Å²) in [5.74, 6) is 2.35. The predicted molar refractivity (Wildman–Crippen MR) is 77.6 cm³/mol. The molecule has 3 nitrogen and oxygen atoms in total. The fourth-order valence-corrected chi connectivity index (χ4v) is 2.82. The second-order valence-electron chi connectivity index (χ2n) is 5.26. The molecule has 0 saturated carbocycles. The van der Waals surface area contributed by atoms with Crippen LogP contribution < -0.4 is 5.32 Å². The number of hydrogen-bond donors (Lipinski definition) is 1. The number of benzene rings is 1. The van der Waals surface area contributed by atoms with Crippen molar-refractivity contribution in [1.82, 2.24) is 9.97 Å². The standard InChI is InChI=1S/C16H19N3/c1-10-11(2)18-16(19-15(10)17-3)14-8-12-6-4-5-7-13(12)9-14/h4-7,14H,8-9H2,1-3H3,(H,17,18,19). The molecule has 2 aromatic rings. The molecule has 3 heteroatoms. The maximum atomic E-state index is 4.70. The summed E-state index contributed by atoms with van der Waals surface area (Å²) in [6, 6.07) is 8.66. The van der Waals surface area contributed by atoms with Gasteiger partial charge in [0.2, 0.25) is 0 Å². The average Bonchev–Trinajstić information content (AvgIpc) is 2.85. The Labute approximate surface area is 114 Å². The minimum absolute atomic E-state index is 0.420. The first-order valence-corrected chi connectivity index (χ1v) is 6.78. The molecule has 98 valence electrons. The van der Waals surface area contributed by atoms with Crippen molar-refractivity contribution in [3.8, 4) is 0 Å². The monoisotopic (exact) mass is 253 g/mol. The van der Waals surface area contributed by atoms with Crippen molar-refractivity contribution in [2.45, 2.75) is 32.6 Å². The molecular formula is C16H19N3. The van der Waals surface area contributed by atoms with Crippen LogP contribution in [0.5, 0.6) is 0 Å². The fourth-order valence-electron chi connectivity index (χ4n) is 2.82. The zero-order valence-corrected chi connectivity index (χ0v) is 11.7. The van der Waals surface area contributed by atoms with Crippen LogP contribution >= 0.6 is 0 Å². The van der Waals surface area contributed by atoms with E-state index in [1.165, 1.54) is 11.1 Å². The van der Waals surface area contributed by atoms with Gasteiger partial charge in [-0.3, -0.25) is 0 Å². The third kappa shape index (κ3) is 2.09. The van der Waals surface area contributed by atoms with Crippen molar-refractivity contribution < 1.29 is 0 Å². The smallest absolute Gasteiger partial charge is 0.134 e. The molecular weight excluding hydrogens is 234 g/mol. The molecule has 0 atom stereocenters. The second-order valence-corrected chi connectivity index (χ2v) is 5.26. The highest BCUT2D eigenvalue weighted by molar-refractivity contribution is 5.46. The highest BCUT2D eigenvalue weighted by Crippen LogP contribution is 2.33. The SMILES string of the molecule is CNc1nc(C2Cc3ccccc3C2)nc(C)c1C. The highest BCUT2D eigenvalue weighted by Gasteiger charge is 2.25. The summed E-state index contributed by atoms with van der Waals surface area (Å²) in [6.45, 7) is 4.12. The minimum atomic E-state index is 0.420. The van der Waals surface area contributed by atoms with Gasteiger partial charge in [-0.05, 0) is 37.8 Å². The molecule has 0 fully saturated rings. The van der Waals surface area contributed by atoms with Crippen molar-refractivity contribution in [3.05, 3.63) is 52.5 Å². The van der Waals surface area contributed by atoms with Crippen molar-refractivity contribution in [2.75, 3.05) is 12.4 Å². The zero-order chi connectivity index (χ0) is 13.4. The molecule has 1 heterocycles. The van der Waals surface area contributed by atoms with Crippen LogP contribution in [-0.2, 0) is 12.8 Å². The fraction of sp³-hybridized carbons (Fsp3) is 0.375. The third-order valence-electron chi connectivity index (χ3n) is 4.06. The normalized spacial score (nSPS) is 14.5. The predicted octanol–water partition coefficient (Wildman–Crippen LogP) is 3.02. The molecule has 1 aliphatic carbocycles. The summed E-state index contributed by atoms with van der Waals surface area (Å²) < 4.78 is 0. The lowest BCUT2D eigenvalue weighted by Crippen LogP contribution is -2.10. The van der Waals surface area contributed by atoms with Crippen molar-refractivity contribution in [1.29, 1.82) is 0 Å². The number of aryl methyl sites for hydroxylation is 1. The van der Waals surface area contributed by atoms with Crippen molar-refractivity contribution in [3.63, 3.8) is 0 Å². The van der Waals surface area contributed by atoms with E-state index in [1.54, 1.807) is 0 Å². The van der Waals surface area contributed by atoms with E-state index in [0.717, 1.165) is 35.7 Å². The number of hydrogen-bond acceptors (Lipinski definition) is 3. The van der Waals surface area contributed by atoms with E-state index < -0.39 is 0 Å². The van der Waals surface area contributed by atoms with Crippen molar-refractivity contribution >= 4 is 5.82 Å². The minimum Gasteiger partial charge on any atom is -0.373 e. The molecule has 0 unspecified atom stereocenters. The maximum Gasteiger partial charge on any atom is 0.134 e. The topological polar surface area (TPSA) is 37.8 Å². The van der Waals surface area contributed by atoms with Crippen LogP contribution in [0.25, 0.3) is 0 Å². The first kappa shape index (κ1) is 12.2. The van der Waals surface area contributed by atoms with Gasteiger partial charge in [0.05, 0.1) is 0 Å². The van der Waals surface area contributed by atoms with Crippen LogP contribution in [0.2, 0.25) is 0 Å². The van der Waals surface area contributed by atoms with E-state index in [2.05, 4.69) is 43.4 Å². The number of aromatic nitrogens is 2. The number of nitrogens with one attached hydrogen (secondary N) is 1. The summed E-state index contributed by atoms with van der Waals surface area (Å²) in [5, 5.41) is 3.17. The molecule has 1 aromatic carbocycles. The summed E-state index contributed by atoms with van der Waals surface area (Å²) in [7, 11) is 1.92. The lowest BCUT2D eigenvalue weighted by molar-refractivity contribution is 0.677. The van der Waals surface area contributed by atoms with E-state index in [0.29, 0.717) is 5.92 Å². The summed E-state index contributed by atoms with van der Waals surface area (Å²) in [5.41, 5.74) is 5.10. The highest BCUT2D eigenvalue weighted by atomic mass is 15.0. The van der Waals surface area contributed by atoms with Crippen LogP contribution in [-0.4, -0.2) is 17.0 Å². The quantitative estimate of drug-likeness (QED) is 0.894. The maximum absolute atomic E-state index is 4.70. The molecule has 0 amide bonds. The largest absolute Gasteiger partial charge is 0.373 e. The number of fused-ring (bicyclic) bond motifs is 1. The second kappa shape index (κ2) is 4.65. The van der Waals surface area contributed by atoms with Gasteiger partial charge >= 0.3 is 0 Å². The Morgan fingerprint density at radius 1 is 1.05 bits per heavy atom. The number of anilines is 1. The van der Waals surface area contributed by atoms with Crippen LogP contribution in [0.15, 0.2) is 24.3 Å². The molecule has 0 radical (unpaired) electrons. The lowest BCUT2D eigenvalue weighted by Gasteiger charge is -2.13. The van der Waals surface area contributed by atoms with Gasteiger partial charge in [0.15, 0.2) is 0 Å². The lowest BCUT2D eigenvalue weighted by atomic mass is 10.1. The first-order valence-electron chi connectivity index (χ1n) is 6.78. The third-order valence-corrected chi connectivity index (χ3v) is 4.06.